The summed E-state index contributed by atoms with van der Waals surface area (Å²) in [5, 5.41) is 3.85. The molecule has 0 spiro atoms. The SMILES string of the molecule is O=C(NCC#CCOc1ccc2cccnc2c1)c1ccc2ncsc2c1. The minimum absolute atomic E-state index is 0.152. The molecule has 0 saturated carbocycles. The van der Waals surface area contributed by atoms with Gasteiger partial charge in [0.1, 0.15) is 12.4 Å². The summed E-state index contributed by atoms with van der Waals surface area (Å²) in [6.45, 7) is 0.517. The predicted octanol–water partition coefficient (Wildman–Crippen LogP) is 3.66. The highest BCUT2D eigenvalue weighted by molar-refractivity contribution is 7.16. The Morgan fingerprint density at radius 2 is 2.04 bits per heavy atom. The van der Waals surface area contributed by atoms with Gasteiger partial charge in [0, 0.05) is 23.2 Å². The van der Waals surface area contributed by atoms with E-state index in [1.165, 1.54) is 11.3 Å². The summed E-state index contributed by atoms with van der Waals surface area (Å²) in [6.07, 6.45) is 1.75. The Bertz CT molecular complexity index is 1170. The second-order valence-electron chi connectivity index (χ2n) is 5.72. The normalized spacial score (nSPS) is 10.4. The number of pyridine rings is 1. The fraction of sp³-hybridized carbons (Fsp3) is 0.0952. The molecule has 0 aliphatic carbocycles. The predicted molar refractivity (Wildman–Crippen MR) is 107 cm³/mol. The van der Waals surface area contributed by atoms with E-state index < -0.39 is 0 Å². The van der Waals surface area contributed by atoms with Crippen LogP contribution in [-0.4, -0.2) is 29.0 Å². The van der Waals surface area contributed by atoms with Gasteiger partial charge in [0.05, 0.1) is 27.8 Å². The van der Waals surface area contributed by atoms with E-state index in [2.05, 4.69) is 27.1 Å². The standard InChI is InChI=1S/C21H15N3O2S/c25-21(16-6-8-18-20(12-16)27-14-24-18)23-9-1-2-11-26-17-7-5-15-4-3-10-22-19(15)13-17/h3-8,10,12-14H,9,11H2,(H,23,25). The summed E-state index contributed by atoms with van der Waals surface area (Å²) in [7, 11) is 0. The van der Waals surface area contributed by atoms with Crippen molar-refractivity contribution in [1.29, 1.82) is 0 Å². The van der Waals surface area contributed by atoms with Gasteiger partial charge in [-0.2, -0.15) is 0 Å². The summed E-state index contributed by atoms with van der Waals surface area (Å²) >= 11 is 1.51. The molecule has 27 heavy (non-hydrogen) atoms. The van der Waals surface area contributed by atoms with Crippen LogP contribution in [-0.2, 0) is 0 Å². The third-order valence-corrected chi connectivity index (χ3v) is 4.74. The molecule has 0 atom stereocenters. The number of aromatic nitrogens is 2. The maximum absolute atomic E-state index is 12.2. The molecule has 0 fully saturated rings. The van der Waals surface area contributed by atoms with Crippen LogP contribution < -0.4 is 10.1 Å². The number of rotatable bonds is 4. The Morgan fingerprint density at radius 3 is 3.00 bits per heavy atom. The first-order valence-corrected chi connectivity index (χ1v) is 9.22. The van der Waals surface area contributed by atoms with Gasteiger partial charge in [-0.15, -0.1) is 11.3 Å². The van der Waals surface area contributed by atoms with Crippen molar-refractivity contribution in [2.45, 2.75) is 0 Å². The molecule has 0 aliphatic heterocycles. The molecule has 2 heterocycles. The van der Waals surface area contributed by atoms with Crippen LogP contribution in [0.2, 0.25) is 0 Å². The number of nitrogens with one attached hydrogen (secondary N) is 1. The second kappa shape index (κ2) is 7.85. The first-order valence-electron chi connectivity index (χ1n) is 8.34. The van der Waals surface area contributed by atoms with E-state index in [4.69, 9.17) is 4.74 Å². The van der Waals surface area contributed by atoms with Crippen LogP contribution >= 0.6 is 11.3 Å². The van der Waals surface area contributed by atoms with Gasteiger partial charge in [0.2, 0.25) is 0 Å². The van der Waals surface area contributed by atoms with Gasteiger partial charge >= 0.3 is 0 Å². The topological polar surface area (TPSA) is 64.1 Å². The maximum Gasteiger partial charge on any atom is 0.252 e. The summed E-state index contributed by atoms with van der Waals surface area (Å²) in [5.41, 5.74) is 4.16. The van der Waals surface area contributed by atoms with Crippen molar-refractivity contribution in [1.82, 2.24) is 15.3 Å². The van der Waals surface area contributed by atoms with Crippen molar-refractivity contribution in [3.8, 4) is 17.6 Å². The summed E-state index contributed by atoms with van der Waals surface area (Å²) in [4.78, 5) is 20.7. The number of benzene rings is 2. The van der Waals surface area contributed by atoms with Gasteiger partial charge in [-0.1, -0.05) is 17.9 Å². The first-order chi connectivity index (χ1) is 13.3. The zero-order valence-electron chi connectivity index (χ0n) is 14.3. The molecular formula is C21H15N3O2S. The smallest absolute Gasteiger partial charge is 0.252 e. The molecule has 4 rings (SSSR count). The highest BCUT2D eigenvalue weighted by Gasteiger charge is 2.06. The van der Waals surface area contributed by atoms with E-state index in [9.17, 15) is 4.79 Å². The Balaban J connectivity index is 1.27. The molecular weight excluding hydrogens is 358 g/mol. The molecule has 1 N–H and O–H groups in total. The van der Waals surface area contributed by atoms with E-state index in [-0.39, 0.29) is 19.1 Å². The molecule has 1 amide bonds. The van der Waals surface area contributed by atoms with E-state index in [0.717, 1.165) is 26.9 Å². The van der Waals surface area contributed by atoms with Crippen molar-refractivity contribution < 1.29 is 9.53 Å². The fourth-order valence-corrected chi connectivity index (χ4v) is 3.31. The number of hydrogen-bond donors (Lipinski definition) is 1. The van der Waals surface area contributed by atoms with Gasteiger partial charge in [-0.05, 0) is 36.4 Å². The van der Waals surface area contributed by atoms with Gasteiger partial charge in [0.15, 0.2) is 0 Å². The molecule has 6 heteroatoms. The van der Waals surface area contributed by atoms with E-state index in [1.54, 1.807) is 17.8 Å². The van der Waals surface area contributed by atoms with Crippen LogP contribution in [0, 0.1) is 11.8 Å². The third kappa shape index (κ3) is 4.05. The number of thiazole rings is 1. The molecule has 0 unspecified atom stereocenters. The third-order valence-electron chi connectivity index (χ3n) is 3.94. The number of nitrogens with zero attached hydrogens (tertiary/aromatic N) is 2. The van der Waals surface area contributed by atoms with Crippen LogP contribution in [0.4, 0.5) is 0 Å². The molecule has 4 aromatic rings. The highest BCUT2D eigenvalue weighted by atomic mass is 32.1. The van der Waals surface area contributed by atoms with E-state index >= 15 is 0 Å². The summed E-state index contributed by atoms with van der Waals surface area (Å²) < 4.78 is 6.61. The minimum atomic E-state index is -0.152. The molecule has 2 aromatic carbocycles. The molecule has 0 radical (unpaired) electrons. The molecule has 5 nitrogen and oxygen atoms in total. The lowest BCUT2D eigenvalue weighted by molar-refractivity contribution is 0.0959. The minimum Gasteiger partial charge on any atom is -0.481 e. The van der Waals surface area contributed by atoms with Crippen molar-refractivity contribution >= 4 is 38.4 Å². The van der Waals surface area contributed by atoms with E-state index in [1.807, 2.05) is 42.5 Å². The molecule has 0 saturated heterocycles. The van der Waals surface area contributed by atoms with Crippen molar-refractivity contribution in [2.75, 3.05) is 13.2 Å². The Morgan fingerprint density at radius 1 is 1.07 bits per heavy atom. The lowest BCUT2D eigenvalue weighted by Gasteiger charge is -2.03. The lowest BCUT2D eigenvalue weighted by Crippen LogP contribution is -2.23. The second-order valence-corrected chi connectivity index (χ2v) is 6.60. The lowest BCUT2D eigenvalue weighted by atomic mass is 10.2. The van der Waals surface area contributed by atoms with Crippen LogP contribution in [0.25, 0.3) is 21.1 Å². The van der Waals surface area contributed by atoms with Crippen LogP contribution in [0.15, 0.2) is 60.2 Å². The molecule has 2 aromatic heterocycles. The zero-order chi connectivity index (χ0) is 18.5. The van der Waals surface area contributed by atoms with Crippen LogP contribution in [0.5, 0.6) is 5.75 Å². The largest absolute Gasteiger partial charge is 0.481 e. The van der Waals surface area contributed by atoms with Gasteiger partial charge < -0.3 is 10.1 Å². The zero-order valence-corrected chi connectivity index (χ0v) is 15.1. The number of carbonyl (C=O) groups is 1. The molecule has 132 valence electrons. The van der Waals surface area contributed by atoms with Crippen LogP contribution in [0.1, 0.15) is 10.4 Å². The fourth-order valence-electron chi connectivity index (χ4n) is 2.59. The van der Waals surface area contributed by atoms with Crippen molar-refractivity contribution in [3.63, 3.8) is 0 Å². The number of carbonyl (C=O) groups excluding carboxylic acids is 1. The number of fused-ring (bicyclic) bond motifs is 2. The quantitative estimate of drug-likeness (QED) is 0.555. The molecule has 0 aliphatic rings. The first kappa shape index (κ1) is 17.0. The average Bonchev–Trinajstić information content (AvgIpc) is 3.18. The van der Waals surface area contributed by atoms with Crippen LogP contribution in [0.3, 0.4) is 0 Å². The van der Waals surface area contributed by atoms with Crippen molar-refractivity contribution in [2.24, 2.45) is 0 Å². The van der Waals surface area contributed by atoms with Crippen molar-refractivity contribution in [3.05, 3.63) is 65.8 Å². The maximum atomic E-state index is 12.2. The Labute approximate surface area is 160 Å². The molecule has 0 bridgehead atoms. The van der Waals surface area contributed by atoms with E-state index in [0.29, 0.717) is 5.56 Å². The van der Waals surface area contributed by atoms with Gasteiger partial charge in [-0.25, -0.2) is 4.98 Å². The number of hydrogen-bond acceptors (Lipinski definition) is 5. The Hall–Kier alpha value is -3.43. The number of ether oxygens (including phenoxy) is 1. The summed E-state index contributed by atoms with van der Waals surface area (Å²) in [6, 6.07) is 15.1. The average molecular weight is 373 g/mol. The van der Waals surface area contributed by atoms with Gasteiger partial charge in [-0.3, -0.25) is 9.78 Å². The van der Waals surface area contributed by atoms with Gasteiger partial charge in [0.25, 0.3) is 5.91 Å². The monoisotopic (exact) mass is 373 g/mol. The number of amides is 1. The highest BCUT2D eigenvalue weighted by Crippen LogP contribution is 2.19. The summed E-state index contributed by atoms with van der Waals surface area (Å²) in [5.74, 6) is 6.36. The Kier molecular flexibility index (Phi) is 4.95.